The van der Waals surface area contributed by atoms with Crippen LogP contribution in [0.1, 0.15) is 36.1 Å². The smallest absolute Gasteiger partial charge is 0.243 e. The van der Waals surface area contributed by atoms with E-state index < -0.39 is 0 Å². The molecule has 0 aromatic carbocycles. The van der Waals surface area contributed by atoms with Crippen molar-refractivity contribution in [2.45, 2.75) is 32.6 Å². The molecule has 3 atom stereocenters. The van der Waals surface area contributed by atoms with E-state index in [9.17, 15) is 4.79 Å². The summed E-state index contributed by atoms with van der Waals surface area (Å²) in [7, 11) is 0. The van der Waals surface area contributed by atoms with Crippen LogP contribution in [0.4, 0.5) is 0 Å². The summed E-state index contributed by atoms with van der Waals surface area (Å²) in [6.45, 7) is 2.05. The molecule has 2 aliphatic rings. The highest BCUT2D eigenvalue weighted by Crippen LogP contribution is 2.55. The number of rotatable bonds is 3. The van der Waals surface area contributed by atoms with Gasteiger partial charge in [0.15, 0.2) is 0 Å². The van der Waals surface area contributed by atoms with Gasteiger partial charge in [0.1, 0.15) is 0 Å². The summed E-state index contributed by atoms with van der Waals surface area (Å²) < 4.78 is 0. The second-order valence-corrected chi connectivity index (χ2v) is 6.29. The number of nitrogens with one attached hydrogen (secondary N) is 1. The standard InChI is InChI=1S/C14H18N2OS/c1-9-6-7-18-12(9)8-15-16-14(17)13-10-4-2-3-5-11(10)13/h6-8,10-11,13H,2-5H2,1H3,(H,16,17)/b15-8-/t10-,11+,13?. The molecule has 1 N–H and O–H groups in total. The van der Waals surface area contributed by atoms with Crippen molar-refractivity contribution in [1.82, 2.24) is 5.43 Å². The maximum absolute atomic E-state index is 12.0. The second kappa shape index (κ2) is 4.84. The van der Waals surface area contributed by atoms with Crippen molar-refractivity contribution >= 4 is 23.5 Å². The fourth-order valence-corrected chi connectivity index (χ4v) is 3.91. The van der Waals surface area contributed by atoms with Gasteiger partial charge in [-0.1, -0.05) is 12.8 Å². The third kappa shape index (κ3) is 2.21. The van der Waals surface area contributed by atoms with Crippen molar-refractivity contribution in [2.75, 3.05) is 0 Å². The third-order valence-corrected chi connectivity index (χ3v) is 5.17. The van der Waals surface area contributed by atoms with Crippen molar-refractivity contribution in [3.8, 4) is 0 Å². The van der Waals surface area contributed by atoms with Gasteiger partial charge < -0.3 is 0 Å². The fraction of sp³-hybridized carbons (Fsp3) is 0.571. The summed E-state index contributed by atoms with van der Waals surface area (Å²) in [5.74, 6) is 1.67. The summed E-state index contributed by atoms with van der Waals surface area (Å²) in [5, 5.41) is 6.12. The predicted octanol–water partition coefficient (Wildman–Crippen LogP) is 2.94. The molecule has 4 heteroatoms. The lowest BCUT2D eigenvalue weighted by Crippen LogP contribution is -2.20. The summed E-state index contributed by atoms with van der Waals surface area (Å²) in [6, 6.07) is 2.06. The first-order chi connectivity index (χ1) is 8.77. The molecule has 3 nitrogen and oxygen atoms in total. The molecule has 2 fully saturated rings. The maximum atomic E-state index is 12.0. The van der Waals surface area contributed by atoms with Crippen molar-refractivity contribution in [2.24, 2.45) is 22.9 Å². The number of hydrazone groups is 1. The Morgan fingerprint density at radius 1 is 1.44 bits per heavy atom. The van der Waals surface area contributed by atoms with Gasteiger partial charge in [-0.3, -0.25) is 4.79 Å². The number of nitrogens with zero attached hydrogens (tertiary/aromatic N) is 1. The number of thiophene rings is 1. The molecule has 0 bridgehead atoms. The lowest BCUT2D eigenvalue weighted by atomic mass is 10.0. The summed E-state index contributed by atoms with van der Waals surface area (Å²) in [5.41, 5.74) is 3.91. The van der Waals surface area contributed by atoms with Crippen LogP contribution in [0.15, 0.2) is 16.5 Å². The zero-order valence-corrected chi connectivity index (χ0v) is 11.4. The van der Waals surface area contributed by atoms with Gasteiger partial charge >= 0.3 is 0 Å². The van der Waals surface area contributed by atoms with Crippen LogP contribution in [0.3, 0.4) is 0 Å². The van der Waals surface area contributed by atoms with Crippen molar-refractivity contribution in [3.05, 3.63) is 21.9 Å². The van der Waals surface area contributed by atoms with Crippen LogP contribution >= 0.6 is 11.3 Å². The number of amides is 1. The molecule has 1 amide bonds. The molecule has 1 heterocycles. The fourth-order valence-electron chi connectivity index (χ4n) is 3.13. The Hall–Kier alpha value is -1.16. The molecule has 2 saturated carbocycles. The molecule has 96 valence electrons. The van der Waals surface area contributed by atoms with E-state index in [-0.39, 0.29) is 11.8 Å². The van der Waals surface area contributed by atoms with E-state index >= 15 is 0 Å². The Balaban J connectivity index is 1.53. The largest absolute Gasteiger partial charge is 0.273 e. The normalized spacial score (nSPS) is 30.2. The molecule has 0 spiro atoms. The minimum atomic E-state index is 0.123. The van der Waals surface area contributed by atoms with Crippen molar-refractivity contribution < 1.29 is 4.79 Å². The van der Waals surface area contributed by atoms with Crippen LogP contribution in [0.5, 0.6) is 0 Å². The average molecular weight is 262 g/mol. The number of hydrogen-bond donors (Lipinski definition) is 1. The highest BCUT2D eigenvalue weighted by atomic mass is 32.1. The Labute approximate surface area is 111 Å². The zero-order chi connectivity index (χ0) is 12.5. The second-order valence-electron chi connectivity index (χ2n) is 5.34. The van der Waals surface area contributed by atoms with Crippen LogP contribution in [0, 0.1) is 24.7 Å². The molecular weight excluding hydrogens is 244 g/mol. The van der Waals surface area contributed by atoms with E-state index in [1.807, 2.05) is 5.38 Å². The third-order valence-electron chi connectivity index (χ3n) is 4.22. The molecule has 1 aromatic heterocycles. The maximum Gasteiger partial charge on any atom is 0.243 e. The molecule has 0 aliphatic heterocycles. The topological polar surface area (TPSA) is 41.5 Å². The van der Waals surface area contributed by atoms with Gasteiger partial charge in [0, 0.05) is 10.8 Å². The number of aryl methyl sites for hydroxylation is 1. The van der Waals surface area contributed by atoms with Gasteiger partial charge in [0.25, 0.3) is 0 Å². The number of carbonyl (C=O) groups excluding carboxylic acids is 1. The molecule has 0 saturated heterocycles. The first kappa shape index (κ1) is 11.9. The molecular formula is C14H18N2OS. The first-order valence-electron chi connectivity index (χ1n) is 6.64. The zero-order valence-electron chi connectivity index (χ0n) is 10.6. The van der Waals surface area contributed by atoms with E-state index in [1.54, 1.807) is 17.6 Å². The molecule has 2 aliphatic carbocycles. The van der Waals surface area contributed by atoms with Crippen molar-refractivity contribution in [1.29, 1.82) is 0 Å². The molecule has 1 aromatic rings. The molecule has 18 heavy (non-hydrogen) atoms. The van der Waals surface area contributed by atoms with E-state index in [2.05, 4.69) is 23.5 Å². The number of fused-ring (bicyclic) bond motifs is 1. The van der Waals surface area contributed by atoms with E-state index in [1.165, 1.54) is 31.2 Å². The Bertz CT molecular complexity index is 468. The average Bonchev–Trinajstić information content (AvgIpc) is 2.98. The lowest BCUT2D eigenvalue weighted by molar-refractivity contribution is -0.122. The summed E-state index contributed by atoms with van der Waals surface area (Å²) in [6.07, 6.45) is 6.81. The quantitative estimate of drug-likeness (QED) is 0.660. The van der Waals surface area contributed by atoms with Gasteiger partial charge in [-0.2, -0.15) is 5.10 Å². The summed E-state index contributed by atoms with van der Waals surface area (Å²) >= 11 is 1.64. The first-order valence-corrected chi connectivity index (χ1v) is 7.52. The molecule has 1 unspecified atom stereocenters. The van der Waals surface area contributed by atoms with Gasteiger partial charge in [-0.05, 0) is 48.6 Å². The molecule has 0 radical (unpaired) electrons. The van der Waals surface area contributed by atoms with E-state index in [4.69, 9.17) is 0 Å². The highest BCUT2D eigenvalue weighted by molar-refractivity contribution is 7.11. The lowest BCUT2D eigenvalue weighted by Gasteiger charge is -2.04. The highest BCUT2D eigenvalue weighted by Gasteiger charge is 2.54. The monoisotopic (exact) mass is 262 g/mol. The minimum Gasteiger partial charge on any atom is -0.273 e. The van der Waals surface area contributed by atoms with E-state index in [0.717, 1.165) is 4.88 Å². The van der Waals surface area contributed by atoms with Gasteiger partial charge in [0.05, 0.1) is 6.21 Å². The van der Waals surface area contributed by atoms with Crippen LogP contribution in [0.25, 0.3) is 0 Å². The van der Waals surface area contributed by atoms with Gasteiger partial charge in [-0.25, -0.2) is 5.43 Å². The van der Waals surface area contributed by atoms with Crippen LogP contribution in [-0.4, -0.2) is 12.1 Å². The van der Waals surface area contributed by atoms with Crippen LogP contribution in [-0.2, 0) is 4.79 Å². The summed E-state index contributed by atoms with van der Waals surface area (Å²) in [4.78, 5) is 13.1. The van der Waals surface area contributed by atoms with Gasteiger partial charge in [-0.15, -0.1) is 11.3 Å². The minimum absolute atomic E-state index is 0.123. The number of hydrogen-bond acceptors (Lipinski definition) is 3. The Kier molecular flexibility index (Phi) is 3.20. The SMILES string of the molecule is Cc1ccsc1/C=N\NC(=O)C1[C@H]2CCCC[C@@H]12. The van der Waals surface area contributed by atoms with Crippen LogP contribution < -0.4 is 5.43 Å². The van der Waals surface area contributed by atoms with Crippen molar-refractivity contribution in [3.63, 3.8) is 0 Å². The number of carbonyl (C=O) groups is 1. The van der Waals surface area contributed by atoms with Gasteiger partial charge in [0.2, 0.25) is 5.91 Å². The molecule has 3 rings (SSSR count). The Morgan fingerprint density at radius 3 is 2.78 bits per heavy atom. The Morgan fingerprint density at radius 2 is 2.17 bits per heavy atom. The van der Waals surface area contributed by atoms with Crippen LogP contribution in [0.2, 0.25) is 0 Å². The predicted molar refractivity (Wildman–Crippen MR) is 73.7 cm³/mol. The van der Waals surface area contributed by atoms with E-state index in [0.29, 0.717) is 11.8 Å².